The van der Waals surface area contributed by atoms with E-state index in [1.54, 1.807) is 7.11 Å². The molecule has 2 aliphatic rings. The fraction of sp³-hybridized carbons (Fsp3) is 0.625. The molecule has 110 valence electrons. The summed E-state index contributed by atoms with van der Waals surface area (Å²) in [6, 6.07) is 5.78. The molecule has 4 heteroatoms. The lowest BCUT2D eigenvalue weighted by Crippen LogP contribution is -2.27. The summed E-state index contributed by atoms with van der Waals surface area (Å²) in [4.78, 5) is 0. The Labute approximate surface area is 125 Å². The van der Waals surface area contributed by atoms with Crippen molar-refractivity contribution >= 4 is 17.3 Å². The average molecular weight is 296 g/mol. The highest BCUT2D eigenvalue weighted by Gasteiger charge is 2.41. The van der Waals surface area contributed by atoms with E-state index in [-0.39, 0.29) is 5.60 Å². The summed E-state index contributed by atoms with van der Waals surface area (Å²) in [7, 11) is 1.63. The van der Waals surface area contributed by atoms with Gasteiger partial charge in [-0.3, -0.25) is 0 Å². The van der Waals surface area contributed by atoms with Crippen molar-refractivity contribution in [3.05, 3.63) is 23.2 Å². The summed E-state index contributed by atoms with van der Waals surface area (Å²) in [5.74, 6) is 0.708. The van der Waals surface area contributed by atoms with Crippen molar-refractivity contribution in [3.8, 4) is 5.75 Å². The first kappa shape index (κ1) is 14.0. The van der Waals surface area contributed by atoms with Gasteiger partial charge in [-0.05, 0) is 43.9 Å². The molecule has 1 aromatic carbocycles. The molecular weight excluding hydrogens is 274 g/mol. The second kappa shape index (κ2) is 5.82. The zero-order valence-electron chi connectivity index (χ0n) is 12.0. The van der Waals surface area contributed by atoms with Crippen molar-refractivity contribution in [3.63, 3.8) is 0 Å². The fourth-order valence-corrected chi connectivity index (χ4v) is 3.69. The molecule has 1 aromatic rings. The van der Waals surface area contributed by atoms with Gasteiger partial charge in [0, 0.05) is 12.2 Å². The Bertz CT molecular complexity index is 472. The number of methoxy groups -OCH3 is 1. The van der Waals surface area contributed by atoms with Gasteiger partial charge in [-0.2, -0.15) is 0 Å². The molecule has 1 unspecified atom stereocenters. The first-order valence-corrected chi connectivity index (χ1v) is 7.84. The number of nitrogens with one attached hydrogen (secondary N) is 1. The van der Waals surface area contributed by atoms with E-state index < -0.39 is 0 Å². The zero-order chi connectivity index (χ0) is 14.0. The van der Waals surface area contributed by atoms with Crippen molar-refractivity contribution in [2.45, 2.75) is 50.2 Å². The van der Waals surface area contributed by atoms with Gasteiger partial charge in [0.1, 0.15) is 5.75 Å². The van der Waals surface area contributed by atoms with Gasteiger partial charge in [0.15, 0.2) is 0 Å². The molecule has 3 nitrogen and oxygen atoms in total. The Hall–Kier alpha value is -0.930. The number of benzene rings is 1. The van der Waals surface area contributed by atoms with Crippen LogP contribution in [0.15, 0.2) is 18.2 Å². The maximum Gasteiger partial charge on any atom is 0.137 e. The smallest absolute Gasteiger partial charge is 0.137 e. The lowest BCUT2D eigenvalue weighted by Gasteiger charge is -2.24. The summed E-state index contributed by atoms with van der Waals surface area (Å²) in [5, 5.41) is 4.06. The van der Waals surface area contributed by atoms with E-state index in [2.05, 4.69) is 5.32 Å². The van der Waals surface area contributed by atoms with Gasteiger partial charge in [0.05, 0.1) is 23.8 Å². The fourth-order valence-electron chi connectivity index (χ4n) is 3.43. The van der Waals surface area contributed by atoms with Gasteiger partial charge in [-0.1, -0.05) is 24.4 Å². The quantitative estimate of drug-likeness (QED) is 0.900. The molecule has 1 saturated carbocycles. The third-order valence-corrected chi connectivity index (χ3v) is 4.83. The molecule has 1 N–H and O–H groups in total. The van der Waals surface area contributed by atoms with E-state index in [1.165, 1.54) is 32.1 Å². The minimum absolute atomic E-state index is 0.212. The minimum atomic E-state index is 0.212. The van der Waals surface area contributed by atoms with E-state index in [0.29, 0.717) is 16.9 Å². The third kappa shape index (κ3) is 2.89. The van der Waals surface area contributed by atoms with Gasteiger partial charge in [-0.25, -0.2) is 0 Å². The Kier molecular flexibility index (Phi) is 4.08. The van der Waals surface area contributed by atoms with E-state index in [4.69, 9.17) is 21.1 Å². The molecule has 1 aliphatic heterocycles. The topological polar surface area (TPSA) is 30.5 Å². The first-order chi connectivity index (χ1) is 9.71. The lowest BCUT2D eigenvalue weighted by atomic mass is 9.98. The normalized spacial score (nSPS) is 24.2. The van der Waals surface area contributed by atoms with E-state index in [0.717, 1.165) is 18.7 Å². The van der Waals surface area contributed by atoms with Crippen molar-refractivity contribution in [1.29, 1.82) is 0 Å². The Morgan fingerprint density at radius 1 is 1.35 bits per heavy atom. The van der Waals surface area contributed by atoms with Crippen LogP contribution in [-0.2, 0) is 4.74 Å². The molecule has 0 amide bonds. The molecule has 1 spiro atoms. The molecule has 1 aliphatic carbocycles. The Morgan fingerprint density at radius 3 is 2.85 bits per heavy atom. The lowest BCUT2D eigenvalue weighted by molar-refractivity contribution is -0.0307. The summed E-state index contributed by atoms with van der Waals surface area (Å²) < 4.78 is 11.4. The predicted octanol–water partition coefficient (Wildman–Crippen LogP) is 4.25. The van der Waals surface area contributed by atoms with Gasteiger partial charge >= 0.3 is 0 Å². The second-order valence-electron chi connectivity index (χ2n) is 5.90. The number of rotatable bonds is 4. The summed E-state index contributed by atoms with van der Waals surface area (Å²) in [6.45, 7) is 0.852. The van der Waals surface area contributed by atoms with Crippen LogP contribution in [0.5, 0.6) is 5.75 Å². The summed E-state index contributed by atoms with van der Waals surface area (Å²) in [5.41, 5.74) is 1.23. The predicted molar refractivity (Wildman–Crippen MR) is 81.8 cm³/mol. The van der Waals surface area contributed by atoms with Gasteiger partial charge < -0.3 is 14.8 Å². The van der Waals surface area contributed by atoms with Crippen LogP contribution in [0.3, 0.4) is 0 Å². The largest absolute Gasteiger partial charge is 0.495 e. The molecule has 0 radical (unpaired) electrons. The molecule has 20 heavy (non-hydrogen) atoms. The molecule has 1 atom stereocenters. The van der Waals surface area contributed by atoms with Crippen LogP contribution < -0.4 is 10.1 Å². The van der Waals surface area contributed by atoms with Crippen molar-refractivity contribution < 1.29 is 9.47 Å². The van der Waals surface area contributed by atoms with E-state index >= 15 is 0 Å². The van der Waals surface area contributed by atoms with E-state index in [1.807, 2.05) is 18.2 Å². The molecular formula is C16H22ClNO2. The van der Waals surface area contributed by atoms with Crippen molar-refractivity contribution in [2.24, 2.45) is 0 Å². The Morgan fingerprint density at radius 2 is 2.15 bits per heavy atom. The second-order valence-corrected chi connectivity index (χ2v) is 6.31. The number of hydrogen-bond donors (Lipinski definition) is 1. The van der Waals surface area contributed by atoms with Crippen LogP contribution in [0, 0.1) is 0 Å². The van der Waals surface area contributed by atoms with Crippen LogP contribution in [0.4, 0.5) is 5.69 Å². The van der Waals surface area contributed by atoms with Gasteiger partial charge in [0.2, 0.25) is 0 Å². The van der Waals surface area contributed by atoms with Crippen LogP contribution in [0.1, 0.15) is 38.5 Å². The maximum absolute atomic E-state index is 6.29. The molecule has 1 heterocycles. The summed E-state index contributed by atoms with van der Waals surface area (Å²) >= 11 is 6.13. The van der Waals surface area contributed by atoms with Crippen molar-refractivity contribution in [1.82, 2.24) is 0 Å². The third-order valence-electron chi connectivity index (χ3n) is 4.54. The molecule has 0 aromatic heterocycles. The minimum Gasteiger partial charge on any atom is -0.495 e. The number of anilines is 1. The van der Waals surface area contributed by atoms with Crippen molar-refractivity contribution in [2.75, 3.05) is 19.0 Å². The zero-order valence-corrected chi connectivity index (χ0v) is 12.7. The van der Waals surface area contributed by atoms with Crippen LogP contribution in [0.2, 0.25) is 5.02 Å². The number of halogens is 1. The van der Waals surface area contributed by atoms with Crippen LogP contribution in [-0.4, -0.2) is 25.4 Å². The number of hydrogen-bond acceptors (Lipinski definition) is 3. The Balaban J connectivity index is 1.54. The number of ether oxygens (including phenoxy) is 2. The first-order valence-electron chi connectivity index (χ1n) is 7.46. The monoisotopic (exact) mass is 295 g/mol. The van der Waals surface area contributed by atoms with Crippen LogP contribution >= 0.6 is 11.6 Å². The highest BCUT2D eigenvalue weighted by molar-refractivity contribution is 6.32. The molecule has 3 rings (SSSR count). The molecule has 0 bridgehead atoms. The standard InChI is InChI=1S/C16H22ClNO2/c1-19-15-5-4-12(10-14(15)17)18-11-13-6-9-16(20-13)7-2-3-8-16/h4-5,10,13,18H,2-3,6-9,11H2,1H3. The highest BCUT2D eigenvalue weighted by atomic mass is 35.5. The maximum atomic E-state index is 6.29. The average Bonchev–Trinajstić information content (AvgIpc) is 3.07. The van der Waals surface area contributed by atoms with Gasteiger partial charge in [0.25, 0.3) is 0 Å². The van der Waals surface area contributed by atoms with Crippen LogP contribution in [0.25, 0.3) is 0 Å². The van der Waals surface area contributed by atoms with E-state index in [9.17, 15) is 0 Å². The molecule has 1 saturated heterocycles. The summed E-state index contributed by atoms with van der Waals surface area (Å²) in [6.07, 6.45) is 7.87. The highest BCUT2D eigenvalue weighted by Crippen LogP contribution is 2.43. The SMILES string of the molecule is COc1ccc(NCC2CCC3(CCCC3)O2)cc1Cl. The van der Waals surface area contributed by atoms with Gasteiger partial charge in [-0.15, -0.1) is 0 Å². The molecule has 2 fully saturated rings.